The van der Waals surface area contributed by atoms with Crippen molar-refractivity contribution in [2.45, 2.75) is 0 Å². The van der Waals surface area contributed by atoms with Crippen LogP contribution < -0.4 is 0 Å². The summed E-state index contributed by atoms with van der Waals surface area (Å²) in [6.07, 6.45) is 4.38. The molecule has 0 bridgehead atoms. The van der Waals surface area contributed by atoms with Crippen LogP contribution >= 0.6 is 0 Å². The minimum absolute atomic E-state index is 0.566. The largest absolute Gasteiger partial charge is 0.673 e. The van der Waals surface area contributed by atoms with E-state index in [1.807, 2.05) is 0 Å². The van der Waals surface area contributed by atoms with Crippen molar-refractivity contribution in [3.8, 4) is 0 Å². The van der Waals surface area contributed by atoms with Crippen molar-refractivity contribution >= 4 is 31.7 Å². The monoisotopic (exact) mass is 275 g/mol. The molecule has 0 spiro atoms. The number of halogens is 4. The van der Waals surface area contributed by atoms with Crippen molar-refractivity contribution in [2.75, 3.05) is 17.2 Å². The molecule has 0 aliphatic heterocycles. The summed E-state index contributed by atoms with van der Waals surface area (Å²) in [4.78, 5) is 15.0. The van der Waals surface area contributed by atoms with Crippen LogP contribution in [-0.2, 0) is 36.5 Å². The molecule has 0 fully saturated rings. The van der Waals surface area contributed by atoms with Crippen molar-refractivity contribution in [1.29, 1.82) is 0 Å². The summed E-state index contributed by atoms with van der Waals surface area (Å²) in [6.45, 7) is 9.00. The van der Waals surface area contributed by atoms with E-state index < -0.39 is 7.25 Å². The molecule has 0 aliphatic rings. The molecule has 0 amide bonds. The Balaban J connectivity index is -0.0000000528. The summed E-state index contributed by atoms with van der Waals surface area (Å²) < 4.78 is 40.1. The molecular weight excluding hydrogens is 267 g/mol. The topological polar surface area (TPSA) is 34.1 Å². The molecule has 0 aromatic heterocycles. The fraction of sp³-hybridized carbons (Fsp3) is 0.600. The average molecular weight is 275 g/mol. The van der Waals surface area contributed by atoms with E-state index in [-0.39, 0.29) is 0 Å². The fourth-order valence-electron chi connectivity index (χ4n) is 0. The van der Waals surface area contributed by atoms with Crippen molar-refractivity contribution in [3.05, 3.63) is 0 Å². The van der Waals surface area contributed by atoms with Crippen molar-refractivity contribution in [2.24, 2.45) is 0 Å². The first-order valence-electron chi connectivity index (χ1n) is 2.64. The van der Waals surface area contributed by atoms with Gasteiger partial charge in [-0.05, 0) is 0 Å². The van der Waals surface area contributed by atoms with Crippen LogP contribution in [0.4, 0.5) is 17.3 Å². The third-order valence-electron chi connectivity index (χ3n) is 0.204. The standard InChI is InChI=1S/C3H8S.2CO.BF4.Fe/c1-4(2)3;2*1-2;2-1(3,4)5;/h1H2,2-3H3;;;;/q+1;;;-1;. The molecule has 2 nitrogen and oxygen atoms in total. The second kappa shape index (κ2) is 18.7. The summed E-state index contributed by atoms with van der Waals surface area (Å²) in [6, 6.07) is 0. The van der Waals surface area contributed by atoms with E-state index in [1.165, 1.54) is 0 Å². The second-order valence-electron chi connectivity index (χ2n) is 1.58. The molecule has 0 aromatic carbocycles. The van der Waals surface area contributed by atoms with Gasteiger partial charge in [0.05, 0.1) is 0 Å². The Morgan fingerprint density at radius 1 is 1.07 bits per heavy atom. The van der Waals surface area contributed by atoms with Crippen LogP contribution in [0.1, 0.15) is 0 Å². The zero-order valence-electron chi connectivity index (χ0n) is 7.37. The maximum atomic E-state index is 9.75. The smallest absolute Gasteiger partial charge is 0.418 e. The molecule has 9 heteroatoms. The predicted octanol–water partition coefficient (Wildman–Crippen LogP) is 0.874. The molecule has 4 radical (unpaired) electrons. The number of rotatable bonds is 1. The summed E-state index contributed by atoms with van der Waals surface area (Å²) >= 11 is 3.70. The van der Waals surface area contributed by atoms with Crippen LogP contribution in [-0.4, -0.2) is 38.0 Å². The Bertz CT molecular complexity index is 98.2. The van der Waals surface area contributed by atoms with Gasteiger partial charge in [0.25, 0.3) is 13.6 Å². The van der Waals surface area contributed by atoms with E-state index >= 15 is 0 Å². The van der Waals surface area contributed by atoms with Crippen LogP contribution in [0.15, 0.2) is 0 Å². The summed E-state index contributed by atoms with van der Waals surface area (Å²) in [5, 5.41) is 0. The van der Waals surface area contributed by atoms with Gasteiger partial charge in [-0.25, -0.2) is 0 Å². The number of hydrogen-bond acceptors (Lipinski definition) is 2. The predicted molar refractivity (Wildman–Crippen MR) is 45.7 cm³/mol. The van der Waals surface area contributed by atoms with Crippen molar-refractivity contribution < 1.29 is 42.9 Å². The maximum absolute atomic E-state index is 9.75. The zero-order chi connectivity index (χ0) is 12.8. The summed E-state index contributed by atoms with van der Waals surface area (Å²) in [5.74, 6) is 0. The Morgan fingerprint density at radius 2 is 1.14 bits per heavy atom. The van der Waals surface area contributed by atoms with E-state index in [0.717, 1.165) is 4.65 Å². The van der Waals surface area contributed by atoms with Gasteiger partial charge < -0.3 is 17.3 Å². The maximum Gasteiger partial charge on any atom is 0.673 e. The summed E-state index contributed by atoms with van der Waals surface area (Å²) in [5.41, 5.74) is 0. The number of carbonyl (C=O) groups excluding carboxylic acids is 2. The molecule has 0 atom stereocenters. The third-order valence-corrected chi connectivity index (χ3v) is 2.52. The molecule has 0 saturated carbocycles. The third kappa shape index (κ3) is 364. The molecule has 0 N–H and O–H groups in total. The quantitative estimate of drug-likeness (QED) is 0.404. The second-order valence-corrected chi connectivity index (χ2v) is 4.71. The number of hydrogen-bond donors (Lipinski definition) is 0. The average Bonchev–Trinajstić information content (AvgIpc) is 2.09. The van der Waals surface area contributed by atoms with E-state index in [2.05, 4.69) is 42.1 Å². The zero-order valence-corrected chi connectivity index (χ0v) is 9.30. The van der Waals surface area contributed by atoms with Crippen molar-refractivity contribution in [3.63, 3.8) is 0 Å². The molecule has 0 aromatic rings. The van der Waals surface area contributed by atoms with E-state index in [9.17, 15) is 17.3 Å². The molecular formula is C5H8BF4FeO2S. The molecule has 0 unspecified atom stereocenters. The minimum Gasteiger partial charge on any atom is -0.418 e. The molecule has 85 valence electrons. The van der Waals surface area contributed by atoms with E-state index in [1.54, 1.807) is 0 Å². The van der Waals surface area contributed by atoms with Gasteiger partial charge in [0.15, 0.2) is 0 Å². The van der Waals surface area contributed by atoms with Gasteiger partial charge in [0.1, 0.15) is 0 Å². The van der Waals surface area contributed by atoms with Crippen LogP contribution in [0.5, 0.6) is 0 Å². The molecule has 0 rings (SSSR count). The minimum atomic E-state index is -6.00. The normalized spacial score (nSPS) is 8.29. The Morgan fingerprint density at radius 3 is 1.14 bits per heavy atom. The van der Waals surface area contributed by atoms with Gasteiger partial charge in [-0.1, -0.05) is 0 Å². The molecule has 0 heterocycles. The first kappa shape index (κ1) is 23.7. The van der Waals surface area contributed by atoms with Gasteiger partial charge in [-0.15, -0.1) is 0 Å². The van der Waals surface area contributed by atoms with Gasteiger partial charge >= 0.3 is 51.3 Å². The SMILES string of the molecule is C[S+](C)[CH2][Fe].F[B-](F)(F)F.[C]=O.[C]=O. The van der Waals surface area contributed by atoms with Gasteiger partial charge in [-0.3, -0.25) is 9.59 Å². The van der Waals surface area contributed by atoms with Crippen LogP contribution in [0.2, 0.25) is 0 Å². The Hall–Kier alpha value is -0.00558. The van der Waals surface area contributed by atoms with Crippen molar-refractivity contribution in [1.82, 2.24) is 0 Å². The fourth-order valence-corrected chi connectivity index (χ4v) is 0. The first-order valence-corrected chi connectivity index (χ1v) is 5.63. The van der Waals surface area contributed by atoms with Gasteiger partial charge in [0, 0.05) is 0 Å². The van der Waals surface area contributed by atoms with Gasteiger partial charge in [-0.2, -0.15) is 0 Å². The van der Waals surface area contributed by atoms with Gasteiger partial charge in [0.2, 0.25) is 0 Å². The van der Waals surface area contributed by atoms with Crippen LogP contribution in [0.3, 0.4) is 0 Å². The van der Waals surface area contributed by atoms with E-state index in [0.29, 0.717) is 10.9 Å². The van der Waals surface area contributed by atoms with Crippen LogP contribution in [0, 0.1) is 0 Å². The van der Waals surface area contributed by atoms with Crippen LogP contribution in [0.25, 0.3) is 0 Å². The molecule has 14 heavy (non-hydrogen) atoms. The van der Waals surface area contributed by atoms with E-state index in [4.69, 9.17) is 9.59 Å². The Kier molecular flexibility index (Phi) is 31.6. The Labute approximate surface area is 92.1 Å². The first-order chi connectivity index (χ1) is 6.27. The molecule has 0 saturated heterocycles. The molecule has 0 aliphatic carbocycles. The summed E-state index contributed by atoms with van der Waals surface area (Å²) in [7, 11) is -5.43.